The monoisotopic (exact) mass is 478 g/mol. The number of anilines is 1. The summed E-state index contributed by atoms with van der Waals surface area (Å²) in [4.78, 5) is 24.6. The van der Waals surface area contributed by atoms with Crippen molar-refractivity contribution in [2.45, 2.75) is 25.2 Å². The lowest BCUT2D eigenvalue weighted by molar-refractivity contribution is -0.119. The molecule has 0 aliphatic heterocycles. The Bertz CT molecular complexity index is 1060. The average Bonchev–Trinajstić information content (AvgIpc) is 2.77. The third-order valence-corrected chi connectivity index (χ3v) is 6.43. The minimum atomic E-state index is -3.56. The number of hydrogen-bond acceptors (Lipinski definition) is 7. The molecule has 180 valence electrons. The molecule has 2 aromatic carbocycles. The van der Waals surface area contributed by atoms with Crippen LogP contribution >= 0.6 is 0 Å². The second-order valence-electron chi connectivity index (χ2n) is 7.83. The van der Waals surface area contributed by atoms with Crippen LogP contribution < -0.4 is 14.8 Å². The number of amides is 1. The molecule has 0 fully saturated rings. The van der Waals surface area contributed by atoms with Crippen LogP contribution in [0.3, 0.4) is 0 Å². The SMILES string of the molecule is COc1cc(C(=O)OCC(=O)Nc2ccc(S(=O)(=O)N(C)C)cc2)ccc1OCCC(C)C. The molecule has 0 unspecified atom stereocenters. The number of sulfonamides is 1. The molecule has 9 nitrogen and oxygen atoms in total. The van der Waals surface area contributed by atoms with E-state index >= 15 is 0 Å². The van der Waals surface area contributed by atoms with E-state index in [0.717, 1.165) is 10.7 Å². The normalized spacial score (nSPS) is 11.4. The topological polar surface area (TPSA) is 111 Å². The second-order valence-corrected chi connectivity index (χ2v) is 9.98. The molecule has 1 N–H and O–H groups in total. The minimum absolute atomic E-state index is 0.0995. The number of carbonyl (C=O) groups is 2. The van der Waals surface area contributed by atoms with Crippen molar-refractivity contribution in [3.05, 3.63) is 48.0 Å². The summed E-state index contributed by atoms with van der Waals surface area (Å²) in [6.45, 7) is 4.21. The molecule has 33 heavy (non-hydrogen) atoms. The fourth-order valence-corrected chi connectivity index (χ4v) is 3.55. The highest BCUT2D eigenvalue weighted by Gasteiger charge is 2.17. The maximum atomic E-state index is 12.3. The number of esters is 1. The molecule has 10 heteroatoms. The molecule has 0 heterocycles. The van der Waals surface area contributed by atoms with E-state index < -0.39 is 28.5 Å². The van der Waals surface area contributed by atoms with E-state index in [1.165, 1.54) is 57.6 Å². The number of carbonyl (C=O) groups excluding carboxylic acids is 2. The van der Waals surface area contributed by atoms with Crippen molar-refractivity contribution in [2.24, 2.45) is 5.92 Å². The second kappa shape index (κ2) is 11.7. The summed E-state index contributed by atoms with van der Waals surface area (Å²) < 4.78 is 41.3. The maximum Gasteiger partial charge on any atom is 0.338 e. The predicted octanol–water partition coefficient (Wildman–Crippen LogP) is 3.17. The summed E-state index contributed by atoms with van der Waals surface area (Å²) in [6, 6.07) is 10.3. The largest absolute Gasteiger partial charge is 0.493 e. The molecule has 0 aliphatic carbocycles. The number of methoxy groups -OCH3 is 1. The first kappa shape index (κ1) is 26.1. The summed E-state index contributed by atoms with van der Waals surface area (Å²) in [7, 11) is 0.780. The number of nitrogens with zero attached hydrogens (tertiary/aromatic N) is 1. The van der Waals surface area contributed by atoms with Crippen LogP contribution in [0.1, 0.15) is 30.6 Å². The third-order valence-electron chi connectivity index (χ3n) is 4.60. The Balaban J connectivity index is 1.93. The lowest BCUT2D eigenvalue weighted by Gasteiger charge is -2.13. The molecule has 0 bridgehead atoms. The van der Waals surface area contributed by atoms with Crippen LogP contribution in [0.25, 0.3) is 0 Å². The first-order valence-corrected chi connectivity index (χ1v) is 11.8. The number of benzene rings is 2. The van der Waals surface area contributed by atoms with E-state index in [1.807, 2.05) is 0 Å². The lowest BCUT2D eigenvalue weighted by Crippen LogP contribution is -2.22. The van der Waals surface area contributed by atoms with Crippen molar-refractivity contribution in [2.75, 3.05) is 39.7 Å². The Morgan fingerprint density at radius 2 is 1.70 bits per heavy atom. The molecular formula is C23H30N2O7S. The fourth-order valence-electron chi connectivity index (χ4n) is 2.65. The van der Waals surface area contributed by atoms with E-state index in [2.05, 4.69) is 19.2 Å². The Kier molecular flexibility index (Phi) is 9.24. The van der Waals surface area contributed by atoms with E-state index in [-0.39, 0.29) is 10.5 Å². The minimum Gasteiger partial charge on any atom is -0.493 e. The van der Waals surface area contributed by atoms with Gasteiger partial charge < -0.3 is 19.5 Å². The van der Waals surface area contributed by atoms with Gasteiger partial charge in [-0.05, 0) is 54.8 Å². The van der Waals surface area contributed by atoms with Gasteiger partial charge in [0.15, 0.2) is 18.1 Å². The Labute approximate surface area is 194 Å². The van der Waals surface area contributed by atoms with Gasteiger partial charge in [-0.2, -0.15) is 0 Å². The molecule has 0 saturated carbocycles. The lowest BCUT2D eigenvalue weighted by atomic mass is 10.1. The predicted molar refractivity (Wildman–Crippen MR) is 124 cm³/mol. The van der Waals surface area contributed by atoms with Crippen molar-refractivity contribution in [1.29, 1.82) is 0 Å². The summed E-state index contributed by atoms with van der Waals surface area (Å²) >= 11 is 0. The highest BCUT2D eigenvalue weighted by molar-refractivity contribution is 7.89. The third kappa shape index (κ3) is 7.47. The highest BCUT2D eigenvalue weighted by Crippen LogP contribution is 2.28. The molecule has 0 aliphatic rings. The van der Waals surface area contributed by atoms with Gasteiger partial charge in [0.2, 0.25) is 10.0 Å². The van der Waals surface area contributed by atoms with Crippen molar-refractivity contribution in [3.63, 3.8) is 0 Å². The molecule has 1 amide bonds. The first-order valence-electron chi connectivity index (χ1n) is 10.3. The molecular weight excluding hydrogens is 448 g/mol. The van der Waals surface area contributed by atoms with Crippen LogP contribution in [-0.2, 0) is 19.6 Å². The van der Waals surface area contributed by atoms with E-state index in [9.17, 15) is 18.0 Å². The van der Waals surface area contributed by atoms with Crippen LogP contribution in [0.15, 0.2) is 47.4 Å². The van der Waals surface area contributed by atoms with Gasteiger partial charge in [-0.1, -0.05) is 13.8 Å². The van der Waals surface area contributed by atoms with E-state index in [4.69, 9.17) is 14.2 Å². The summed E-state index contributed by atoms with van der Waals surface area (Å²) in [5, 5.41) is 2.55. The Morgan fingerprint density at radius 1 is 1.03 bits per heavy atom. The summed E-state index contributed by atoms with van der Waals surface area (Å²) in [6.07, 6.45) is 0.885. The van der Waals surface area contributed by atoms with Gasteiger partial charge in [-0.25, -0.2) is 17.5 Å². The number of rotatable bonds is 11. The Morgan fingerprint density at radius 3 is 2.27 bits per heavy atom. The molecule has 2 aromatic rings. The molecule has 0 atom stereocenters. The van der Waals surface area contributed by atoms with Crippen LogP contribution in [0.2, 0.25) is 0 Å². The smallest absolute Gasteiger partial charge is 0.338 e. The summed E-state index contributed by atoms with van der Waals surface area (Å²) in [5.74, 6) is 0.162. The molecule has 0 radical (unpaired) electrons. The van der Waals surface area contributed by atoms with Gasteiger partial charge in [-0.15, -0.1) is 0 Å². The zero-order valence-corrected chi connectivity index (χ0v) is 20.3. The van der Waals surface area contributed by atoms with Crippen LogP contribution in [-0.4, -0.2) is 59.0 Å². The molecule has 0 aromatic heterocycles. The van der Waals surface area contributed by atoms with Crippen LogP contribution in [0, 0.1) is 5.92 Å². The van der Waals surface area contributed by atoms with Crippen LogP contribution in [0.4, 0.5) is 5.69 Å². The molecule has 0 spiro atoms. The highest BCUT2D eigenvalue weighted by atomic mass is 32.2. The standard InChI is InChI=1S/C23H30N2O7S/c1-16(2)12-13-31-20-11-6-17(14-21(20)30-5)23(27)32-15-22(26)24-18-7-9-19(10-8-18)33(28,29)25(3)4/h6-11,14,16H,12-13,15H2,1-5H3,(H,24,26). The van der Waals surface area contributed by atoms with E-state index in [1.54, 1.807) is 6.07 Å². The maximum absolute atomic E-state index is 12.3. The van der Waals surface area contributed by atoms with Gasteiger partial charge in [0.25, 0.3) is 5.91 Å². The number of nitrogens with one attached hydrogen (secondary N) is 1. The van der Waals surface area contributed by atoms with Gasteiger partial charge in [0.05, 0.1) is 24.2 Å². The van der Waals surface area contributed by atoms with Gasteiger partial charge in [-0.3, -0.25) is 4.79 Å². The quantitative estimate of drug-likeness (QED) is 0.494. The summed E-state index contributed by atoms with van der Waals surface area (Å²) in [5.41, 5.74) is 0.590. The van der Waals surface area contributed by atoms with Gasteiger partial charge in [0.1, 0.15) is 0 Å². The van der Waals surface area contributed by atoms with Gasteiger partial charge in [0, 0.05) is 19.8 Å². The first-order chi connectivity index (χ1) is 15.5. The number of ether oxygens (including phenoxy) is 3. The molecule has 0 saturated heterocycles. The zero-order valence-electron chi connectivity index (χ0n) is 19.5. The van der Waals surface area contributed by atoms with Crippen molar-refractivity contribution in [3.8, 4) is 11.5 Å². The fraction of sp³-hybridized carbons (Fsp3) is 0.391. The average molecular weight is 479 g/mol. The molecule has 2 rings (SSSR count). The van der Waals surface area contributed by atoms with Crippen molar-refractivity contribution >= 4 is 27.6 Å². The van der Waals surface area contributed by atoms with E-state index in [0.29, 0.717) is 29.7 Å². The van der Waals surface area contributed by atoms with Crippen molar-refractivity contribution < 1.29 is 32.2 Å². The number of hydrogen-bond donors (Lipinski definition) is 1. The van der Waals surface area contributed by atoms with Crippen LogP contribution in [0.5, 0.6) is 11.5 Å². The van der Waals surface area contributed by atoms with Crippen molar-refractivity contribution in [1.82, 2.24) is 4.31 Å². The zero-order chi connectivity index (χ0) is 24.6. The Hall–Kier alpha value is -3.11. The van der Waals surface area contributed by atoms with Gasteiger partial charge >= 0.3 is 5.97 Å².